The van der Waals surface area contributed by atoms with E-state index in [-0.39, 0.29) is 17.9 Å². The third-order valence-corrected chi connectivity index (χ3v) is 7.20. The first kappa shape index (κ1) is 20.8. The fourth-order valence-corrected chi connectivity index (χ4v) is 5.75. The summed E-state index contributed by atoms with van der Waals surface area (Å²) < 4.78 is 0. The molecule has 0 spiro atoms. The Balaban J connectivity index is 1.81. The van der Waals surface area contributed by atoms with Crippen molar-refractivity contribution in [3.05, 3.63) is 16.0 Å². The molecule has 2 atom stereocenters. The summed E-state index contributed by atoms with van der Waals surface area (Å²) in [6.45, 7) is 3.97. The van der Waals surface area contributed by atoms with E-state index < -0.39 is 17.8 Å². The molecule has 0 aromatic carbocycles. The van der Waals surface area contributed by atoms with Crippen molar-refractivity contribution in [1.29, 1.82) is 0 Å². The van der Waals surface area contributed by atoms with Crippen molar-refractivity contribution in [3.63, 3.8) is 0 Å². The van der Waals surface area contributed by atoms with Gasteiger partial charge in [0.1, 0.15) is 5.00 Å². The van der Waals surface area contributed by atoms with Gasteiger partial charge in [-0.1, -0.05) is 32.6 Å². The van der Waals surface area contributed by atoms with Gasteiger partial charge >= 0.3 is 5.97 Å². The highest BCUT2D eigenvalue weighted by molar-refractivity contribution is 7.16. The number of carboxylic acids is 1. The minimum Gasteiger partial charge on any atom is -0.481 e. The maximum atomic E-state index is 13.0. The summed E-state index contributed by atoms with van der Waals surface area (Å²) in [5, 5.41) is 16.1. The standard InChI is InChI=1S/C21H30N2O4S/c1-3-14-12(2)28-20(17(14)19(25)22-13-8-4-5-9-13)23-18(24)15-10-6-7-11-16(15)21(26)27/h13,15-16H,3-11H2,1-2H3,(H,22,25)(H,23,24)(H,26,27). The molecule has 28 heavy (non-hydrogen) atoms. The van der Waals surface area contributed by atoms with Crippen LogP contribution in [0.1, 0.15) is 79.1 Å². The maximum absolute atomic E-state index is 13.0. The molecule has 1 aromatic rings. The monoisotopic (exact) mass is 406 g/mol. The number of thiophene rings is 1. The van der Waals surface area contributed by atoms with Crippen LogP contribution in [0.4, 0.5) is 5.00 Å². The molecule has 6 nitrogen and oxygen atoms in total. The van der Waals surface area contributed by atoms with Crippen molar-refractivity contribution in [2.75, 3.05) is 5.32 Å². The van der Waals surface area contributed by atoms with E-state index in [1.807, 2.05) is 13.8 Å². The predicted molar refractivity (Wildman–Crippen MR) is 110 cm³/mol. The number of carbonyl (C=O) groups is 3. The van der Waals surface area contributed by atoms with Crippen LogP contribution in [0.2, 0.25) is 0 Å². The number of hydrogen-bond donors (Lipinski definition) is 3. The van der Waals surface area contributed by atoms with Gasteiger partial charge in [0, 0.05) is 10.9 Å². The Labute approximate surface area is 170 Å². The van der Waals surface area contributed by atoms with Gasteiger partial charge in [-0.3, -0.25) is 14.4 Å². The first-order chi connectivity index (χ1) is 13.4. The van der Waals surface area contributed by atoms with Gasteiger partial charge in [0.15, 0.2) is 0 Å². The van der Waals surface area contributed by atoms with Crippen LogP contribution < -0.4 is 10.6 Å². The van der Waals surface area contributed by atoms with Crippen LogP contribution in [0.3, 0.4) is 0 Å². The van der Waals surface area contributed by atoms with Crippen LogP contribution in [-0.4, -0.2) is 28.9 Å². The lowest BCUT2D eigenvalue weighted by Gasteiger charge is -2.27. The Bertz CT molecular complexity index is 752. The average Bonchev–Trinajstić information content (AvgIpc) is 3.28. The molecule has 2 aliphatic carbocycles. The summed E-state index contributed by atoms with van der Waals surface area (Å²) in [5.41, 5.74) is 1.53. The third-order valence-electron chi connectivity index (χ3n) is 6.14. The Morgan fingerprint density at radius 1 is 1.04 bits per heavy atom. The summed E-state index contributed by atoms with van der Waals surface area (Å²) >= 11 is 1.41. The van der Waals surface area contributed by atoms with Crippen molar-refractivity contribution in [3.8, 4) is 0 Å². The number of carboxylic acid groups (broad SMARTS) is 1. The second-order valence-corrected chi connectivity index (χ2v) is 9.20. The molecule has 2 fully saturated rings. The van der Waals surface area contributed by atoms with Crippen molar-refractivity contribution in [1.82, 2.24) is 5.32 Å². The van der Waals surface area contributed by atoms with Gasteiger partial charge in [-0.05, 0) is 44.6 Å². The second kappa shape index (κ2) is 9.07. The Morgan fingerprint density at radius 3 is 2.25 bits per heavy atom. The lowest BCUT2D eigenvalue weighted by molar-refractivity contribution is -0.147. The number of aliphatic carboxylic acids is 1. The topological polar surface area (TPSA) is 95.5 Å². The highest BCUT2D eigenvalue weighted by atomic mass is 32.1. The van der Waals surface area contributed by atoms with E-state index in [0.29, 0.717) is 29.8 Å². The second-order valence-electron chi connectivity index (χ2n) is 7.97. The van der Waals surface area contributed by atoms with Gasteiger partial charge < -0.3 is 15.7 Å². The molecule has 7 heteroatoms. The SMILES string of the molecule is CCc1c(C)sc(NC(=O)C2CCCCC2C(=O)O)c1C(=O)NC1CCCC1. The van der Waals surface area contributed by atoms with E-state index in [9.17, 15) is 19.5 Å². The Kier molecular flexibility index (Phi) is 6.75. The molecule has 0 bridgehead atoms. The van der Waals surface area contributed by atoms with Gasteiger partial charge in [-0.25, -0.2) is 0 Å². The number of nitrogens with one attached hydrogen (secondary N) is 2. The summed E-state index contributed by atoms with van der Waals surface area (Å²) in [7, 11) is 0. The van der Waals surface area contributed by atoms with E-state index in [0.717, 1.165) is 49.0 Å². The molecule has 2 aliphatic rings. The molecular formula is C21H30N2O4S. The zero-order valence-corrected chi connectivity index (χ0v) is 17.5. The van der Waals surface area contributed by atoms with Gasteiger partial charge in [0.25, 0.3) is 5.91 Å². The number of rotatable bonds is 6. The quantitative estimate of drug-likeness (QED) is 0.662. The Morgan fingerprint density at radius 2 is 1.64 bits per heavy atom. The van der Waals surface area contributed by atoms with Crippen molar-refractivity contribution in [2.45, 2.75) is 77.7 Å². The normalized spacial score (nSPS) is 22.8. The summed E-state index contributed by atoms with van der Waals surface area (Å²) in [6.07, 6.45) is 7.80. The number of aryl methyl sites for hydroxylation is 1. The minimum atomic E-state index is -0.907. The van der Waals surface area contributed by atoms with Crippen LogP contribution in [0.15, 0.2) is 0 Å². The predicted octanol–water partition coefficient (Wildman–Crippen LogP) is 4.12. The molecule has 2 saturated carbocycles. The van der Waals surface area contributed by atoms with Crippen LogP contribution in [0.5, 0.6) is 0 Å². The summed E-state index contributed by atoms with van der Waals surface area (Å²) in [6, 6.07) is 0.204. The van der Waals surface area contributed by atoms with Crippen molar-refractivity contribution in [2.24, 2.45) is 11.8 Å². The van der Waals surface area contributed by atoms with E-state index in [2.05, 4.69) is 10.6 Å². The van der Waals surface area contributed by atoms with Gasteiger partial charge in [0.05, 0.1) is 17.4 Å². The lowest BCUT2D eigenvalue weighted by atomic mass is 9.79. The Hall–Kier alpha value is -1.89. The number of anilines is 1. The smallest absolute Gasteiger partial charge is 0.307 e. The molecule has 2 unspecified atom stereocenters. The maximum Gasteiger partial charge on any atom is 0.307 e. The molecule has 154 valence electrons. The molecule has 0 saturated heterocycles. The summed E-state index contributed by atoms with van der Waals surface area (Å²) in [5.74, 6) is -2.48. The molecule has 3 rings (SSSR count). The van der Waals surface area contributed by atoms with Crippen LogP contribution in [-0.2, 0) is 16.0 Å². The van der Waals surface area contributed by atoms with Crippen LogP contribution in [0.25, 0.3) is 0 Å². The van der Waals surface area contributed by atoms with E-state index in [1.54, 1.807) is 0 Å². The first-order valence-corrected chi connectivity index (χ1v) is 11.2. The molecule has 1 aromatic heterocycles. The van der Waals surface area contributed by atoms with E-state index >= 15 is 0 Å². The largest absolute Gasteiger partial charge is 0.481 e. The fourth-order valence-electron chi connectivity index (χ4n) is 4.61. The lowest BCUT2D eigenvalue weighted by Crippen LogP contribution is -2.37. The van der Waals surface area contributed by atoms with Gasteiger partial charge in [-0.15, -0.1) is 11.3 Å². The number of carbonyl (C=O) groups excluding carboxylic acids is 2. The molecular weight excluding hydrogens is 376 g/mol. The number of amides is 2. The minimum absolute atomic E-state index is 0.123. The van der Waals surface area contributed by atoms with Crippen LogP contribution in [0, 0.1) is 18.8 Å². The van der Waals surface area contributed by atoms with Gasteiger partial charge in [-0.2, -0.15) is 0 Å². The third kappa shape index (κ3) is 4.40. The van der Waals surface area contributed by atoms with Gasteiger partial charge in [0.2, 0.25) is 5.91 Å². The molecule has 0 aliphatic heterocycles. The highest BCUT2D eigenvalue weighted by Crippen LogP contribution is 2.36. The zero-order valence-electron chi connectivity index (χ0n) is 16.7. The fraction of sp³-hybridized carbons (Fsp3) is 0.667. The molecule has 2 amide bonds. The van der Waals surface area contributed by atoms with E-state index in [4.69, 9.17) is 0 Å². The van der Waals surface area contributed by atoms with Crippen molar-refractivity contribution < 1.29 is 19.5 Å². The molecule has 0 radical (unpaired) electrons. The van der Waals surface area contributed by atoms with Crippen LogP contribution >= 0.6 is 11.3 Å². The number of hydrogen-bond acceptors (Lipinski definition) is 4. The summed E-state index contributed by atoms with van der Waals surface area (Å²) in [4.78, 5) is 38.5. The highest BCUT2D eigenvalue weighted by Gasteiger charge is 2.36. The average molecular weight is 407 g/mol. The molecule has 3 N–H and O–H groups in total. The first-order valence-electron chi connectivity index (χ1n) is 10.4. The van der Waals surface area contributed by atoms with Crippen molar-refractivity contribution >= 4 is 34.1 Å². The molecule has 1 heterocycles. The van der Waals surface area contributed by atoms with E-state index in [1.165, 1.54) is 11.3 Å². The zero-order chi connectivity index (χ0) is 20.3.